The summed E-state index contributed by atoms with van der Waals surface area (Å²) in [6, 6.07) is 10.7. The van der Waals surface area contributed by atoms with Gasteiger partial charge in [0, 0.05) is 36.7 Å². The molecule has 0 bridgehead atoms. The number of methoxy groups -OCH3 is 2. The normalized spacial score (nSPS) is 11.8. The number of aryl methyl sites for hydroxylation is 2. The highest BCUT2D eigenvalue weighted by atomic mass is 16.5. The fourth-order valence-electron chi connectivity index (χ4n) is 4.56. The van der Waals surface area contributed by atoms with E-state index in [0.29, 0.717) is 48.2 Å². The molecule has 0 aliphatic rings. The first kappa shape index (κ1) is 28.3. The van der Waals surface area contributed by atoms with Gasteiger partial charge >= 0.3 is 0 Å². The van der Waals surface area contributed by atoms with Crippen LogP contribution >= 0.6 is 0 Å². The molecular formula is C28H32N6O6. The van der Waals surface area contributed by atoms with Gasteiger partial charge < -0.3 is 28.8 Å². The molecule has 0 spiro atoms. The molecule has 12 heteroatoms. The van der Waals surface area contributed by atoms with Crippen molar-refractivity contribution in [1.29, 1.82) is 0 Å². The van der Waals surface area contributed by atoms with E-state index < -0.39 is 11.8 Å². The van der Waals surface area contributed by atoms with Gasteiger partial charge in [0.05, 0.1) is 25.3 Å². The van der Waals surface area contributed by atoms with Gasteiger partial charge in [0.2, 0.25) is 11.8 Å². The van der Waals surface area contributed by atoms with Gasteiger partial charge in [0.25, 0.3) is 11.8 Å². The second kappa shape index (κ2) is 12.4. The average Bonchev–Trinajstić information content (AvgIpc) is 3.39. The fraction of sp³-hybridized carbons (Fsp3) is 0.357. The highest BCUT2D eigenvalue weighted by molar-refractivity contribution is 5.97. The Balaban J connectivity index is 1.35. The van der Waals surface area contributed by atoms with Crippen LogP contribution in [-0.4, -0.2) is 45.4 Å². The maximum Gasteiger partial charge on any atom is 0.264 e. The van der Waals surface area contributed by atoms with E-state index in [1.54, 1.807) is 47.6 Å². The standard InChI is InChI=1S/C28H32N6O6/c1-5-33-21-13-11-17(39-3)15-19(21)25(27(33)37)31-29-23(35)9-7-8-10-24(36)30-32-26-20-16-18(40-4)12-14-22(20)34(6-2)28(26)38/h11-16,37-38H,5-10H2,1-4H3. The quantitative estimate of drug-likeness (QED) is 0.160. The highest BCUT2D eigenvalue weighted by Crippen LogP contribution is 2.41. The fourth-order valence-corrected chi connectivity index (χ4v) is 4.56. The summed E-state index contributed by atoms with van der Waals surface area (Å²) in [5.41, 5.74) is 1.90. The number of azo groups is 2. The lowest BCUT2D eigenvalue weighted by molar-refractivity contribution is -0.120. The maximum atomic E-state index is 12.3. The number of nitrogens with zero attached hydrogens (tertiary/aromatic N) is 6. The highest BCUT2D eigenvalue weighted by Gasteiger charge is 2.18. The summed E-state index contributed by atoms with van der Waals surface area (Å²) >= 11 is 0. The van der Waals surface area contributed by atoms with Crippen LogP contribution in [0.5, 0.6) is 23.3 Å². The summed E-state index contributed by atoms with van der Waals surface area (Å²) in [7, 11) is 3.09. The topological polar surface area (TPSA) is 152 Å². The molecule has 2 heterocycles. The number of unbranched alkanes of at least 4 members (excludes halogenated alkanes) is 1. The van der Waals surface area contributed by atoms with E-state index >= 15 is 0 Å². The number of hydrogen-bond acceptors (Lipinski definition) is 8. The molecule has 4 aromatic rings. The van der Waals surface area contributed by atoms with Gasteiger partial charge in [-0.15, -0.1) is 20.5 Å². The largest absolute Gasteiger partial charge is 0.497 e. The van der Waals surface area contributed by atoms with E-state index in [4.69, 9.17) is 9.47 Å². The Labute approximate surface area is 230 Å². The van der Waals surface area contributed by atoms with Crippen LogP contribution in [-0.2, 0) is 22.7 Å². The lowest BCUT2D eigenvalue weighted by Crippen LogP contribution is -1.95. The number of ether oxygens (including phenoxy) is 2. The van der Waals surface area contributed by atoms with Crippen LogP contribution in [0.4, 0.5) is 11.4 Å². The van der Waals surface area contributed by atoms with Crippen molar-refractivity contribution in [1.82, 2.24) is 9.13 Å². The molecule has 4 rings (SSSR count). The molecule has 0 aliphatic heterocycles. The van der Waals surface area contributed by atoms with Crippen LogP contribution in [0.3, 0.4) is 0 Å². The molecule has 12 nitrogen and oxygen atoms in total. The Bertz CT molecular complexity index is 1500. The molecule has 210 valence electrons. The molecule has 2 aromatic carbocycles. The Hall–Kier alpha value is -4.74. The number of aromatic nitrogens is 2. The minimum absolute atomic E-state index is 0.0784. The number of aromatic hydroxyl groups is 2. The Morgan fingerprint density at radius 1 is 0.725 bits per heavy atom. The van der Waals surface area contributed by atoms with Crippen molar-refractivity contribution in [2.45, 2.75) is 52.6 Å². The predicted octanol–water partition coefficient (Wildman–Crippen LogP) is 6.55. The van der Waals surface area contributed by atoms with E-state index in [2.05, 4.69) is 20.5 Å². The zero-order valence-corrected chi connectivity index (χ0v) is 22.9. The number of benzene rings is 2. The summed E-state index contributed by atoms with van der Waals surface area (Å²) in [5.74, 6) is 0.0856. The molecule has 0 saturated heterocycles. The van der Waals surface area contributed by atoms with Crippen molar-refractivity contribution >= 4 is 45.0 Å². The third-order valence-electron chi connectivity index (χ3n) is 6.62. The summed E-state index contributed by atoms with van der Waals surface area (Å²) in [5, 5.41) is 38.0. The Kier molecular flexibility index (Phi) is 8.77. The Morgan fingerprint density at radius 2 is 1.12 bits per heavy atom. The molecule has 2 N–H and O–H groups in total. The van der Waals surface area contributed by atoms with Gasteiger partial charge in [-0.2, -0.15) is 0 Å². The summed E-state index contributed by atoms with van der Waals surface area (Å²) < 4.78 is 13.9. The minimum atomic E-state index is -0.472. The summed E-state index contributed by atoms with van der Waals surface area (Å²) in [6.07, 6.45) is 0.949. The average molecular weight is 549 g/mol. The zero-order chi connectivity index (χ0) is 28.8. The molecule has 0 radical (unpaired) electrons. The molecular weight excluding hydrogens is 516 g/mol. The maximum absolute atomic E-state index is 12.3. The molecule has 2 amide bonds. The van der Waals surface area contributed by atoms with Crippen LogP contribution in [0.15, 0.2) is 56.9 Å². The van der Waals surface area contributed by atoms with Crippen LogP contribution < -0.4 is 9.47 Å². The second-order valence-electron chi connectivity index (χ2n) is 8.99. The molecule has 40 heavy (non-hydrogen) atoms. The van der Waals surface area contributed by atoms with Gasteiger partial charge in [-0.3, -0.25) is 9.59 Å². The van der Waals surface area contributed by atoms with Crippen molar-refractivity contribution in [3.8, 4) is 23.3 Å². The molecule has 0 saturated carbocycles. The van der Waals surface area contributed by atoms with Crippen molar-refractivity contribution in [2.24, 2.45) is 20.5 Å². The van der Waals surface area contributed by atoms with Crippen LogP contribution in [0.1, 0.15) is 39.5 Å². The van der Waals surface area contributed by atoms with Crippen LogP contribution in [0.25, 0.3) is 21.8 Å². The minimum Gasteiger partial charge on any atom is -0.497 e. The third-order valence-corrected chi connectivity index (χ3v) is 6.62. The lowest BCUT2D eigenvalue weighted by atomic mass is 10.2. The van der Waals surface area contributed by atoms with Crippen molar-refractivity contribution in [3.05, 3.63) is 36.4 Å². The van der Waals surface area contributed by atoms with Gasteiger partial charge in [-0.25, -0.2) is 0 Å². The molecule has 2 aromatic heterocycles. The number of carbonyl (C=O) groups excluding carboxylic acids is 2. The van der Waals surface area contributed by atoms with Crippen molar-refractivity contribution < 1.29 is 29.3 Å². The second-order valence-corrected chi connectivity index (χ2v) is 8.99. The monoisotopic (exact) mass is 548 g/mol. The van der Waals surface area contributed by atoms with E-state index in [0.717, 1.165) is 11.0 Å². The van der Waals surface area contributed by atoms with Gasteiger partial charge in [0.15, 0.2) is 11.4 Å². The molecule has 0 unspecified atom stereocenters. The molecule has 0 fully saturated rings. The number of rotatable bonds is 11. The zero-order valence-electron chi connectivity index (χ0n) is 22.9. The van der Waals surface area contributed by atoms with Crippen LogP contribution in [0.2, 0.25) is 0 Å². The van der Waals surface area contributed by atoms with Gasteiger partial charge in [0.1, 0.15) is 11.5 Å². The molecule has 0 aliphatic carbocycles. The van der Waals surface area contributed by atoms with E-state index in [9.17, 15) is 19.8 Å². The smallest absolute Gasteiger partial charge is 0.264 e. The number of fused-ring (bicyclic) bond motifs is 2. The van der Waals surface area contributed by atoms with Crippen molar-refractivity contribution in [3.63, 3.8) is 0 Å². The predicted molar refractivity (Wildman–Crippen MR) is 149 cm³/mol. The third kappa shape index (κ3) is 5.65. The summed E-state index contributed by atoms with van der Waals surface area (Å²) in [4.78, 5) is 24.6. The molecule has 0 atom stereocenters. The van der Waals surface area contributed by atoms with E-state index in [1.807, 2.05) is 26.0 Å². The first-order chi connectivity index (χ1) is 19.3. The first-order valence-corrected chi connectivity index (χ1v) is 13.0. The van der Waals surface area contributed by atoms with E-state index in [-0.39, 0.29) is 36.0 Å². The first-order valence-electron chi connectivity index (χ1n) is 13.0. The Morgan fingerprint density at radius 3 is 1.48 bits per heavy atom. The van der Waals surface area contributed by atoms with Crippen LogP contribution in [0, 0.1) is 0 Å². The number of hydrogen-bond donors (Lipinski definition) is 2. The van der Waals surface area contributed by atoms with Gasteiger partial charge in [-0.1, -0.05) is 0 Å². The van der Waals surface area contributed by atoms with Crippen molar-refractivity contribution in [2.75, 3.05) is 14.2 Å². The van der Waals surface area contributed by atoms with Gasteiger partial charge in [-0.05, 0) is 63.1 Å². The summed E-state index contributed by atoms with van der Waals surface area (Å²) in [6.45, 7) is 4.80. The number of amides is 2. The lowest BCUT2D eigenvalue weighted by Gasteiger charge is -2.02. The SMILES string of the molecule is CCn1c(O)c(N=NC(=O)CCCCC(=O)N=Nc2c(O)n(CC)c3ccc(OC)cc23)c2cc(OC)ccc21. The van der Waals surface area contributed by atoms with E-state index in [1.165, 1.54) is 0 Å². The number of carbonyl (C=O) groups is 2.